The van der Waals surface area contributed by atoms with Crippen LogP contribution in [0.5, 0.6) is 0 Å². The lowest BCUT2D eigenvalue weighted by molar-refractivity contribution is 0.364. The minimum Gasteiger partial charge on any atom is -0.324 e. The molecule has 4 nitrogen and oxygen atoms in total. The van der Waals surface area contributed by atoms with Crippen molar-refractivity contribution in [3.8, 4) is 11.3 Å². The molecule has 1 atom stereocenters. The highest BCUT2D eigenvalue weighted by molar-refractivity contribution is 8.45. The van der Waals surface area contributed by atoms with Gasteiger partial charge in [0.05, 0.1) is 6.20 Å². The van der Waals surface area contributed by atoms with Crippen LogP contribution in [-0.4, -0.2) is 16.2 Å². The second-order valence-electron chi connectivity index (χ2n) is 6.76. The first-order valence-electron chi connectivity index (χ1n) is 8.48. The molecule has 1 unspecified atom stereocenters. The quantitative estimate of drug-likeness (QED) is 0.344. The molecule has 14 heteroatoms. The third-order valence-corrected chi connectivity index (χ3v) is 5.87. The maximum atomic E-state index is 14.1. The van der Waals surface area contributed by atoms with Crippen molar-refractivity contribution in [1.29, 1.82) is 4.78 Å². The van der Waals surface area contributed by atoms with Gasteiger partial charge in [-0.15, -0.1) is 10.7 Å². The molecule has 0 aliphatic rings. The molecule has 0 saturated carbocycles. The first kappa shape index (κ1) is 23.9. The molecule has 0 saturated heterocycles. The van der Waals surface area contributed by atoms with Gasteiger partial charge in [0.2, 0.25) is 5.95 Å². The van der Waals surface area contributed by atoms with Gasteiger partial charge in [-0.2, -0.15) is 0 Å². The maximum Gasteiger partial charge on any atom is 0.310 e. The molecule has 1 aromatic heterocycles. The Morgan fingerprint density at radius 3 is 2.25 bits per heavy atom. The van der Waals surface area contributed by atoms with Gasteiger partial charge in [-0.25, -0.2) is 23.1 Å². The van der Waals surface area contributed by atoms with Gasteiger partial charge in [-0.3, -0.25) is 4.78 Å². The van der Waals surface area contributed by atoms with Crippen LogP contribution in [-0.2, 0) is 16.4 Å². The molecule has 3 aromatic rings. The van der Waals surface area contributed by atoms with E-state index in [9.17, 15) is 32.6 Å². The number of benzene rings is 2. The first-order valence-corrected chi connectivity index (χ1v) is 12.2. The summed E-state index contributed by atoms with van der Waals surface area (Å²) in [4.78, 5) is 5.05. The molecule has 1 heterocycles. The summed E-state index contributed by atoms with van der Waals surface area (Å²) in [7, 11) is -11.2. The SMILES string of the molecule is CS(=N)Cc1cc(Nc2ncc(F)c(-c3ccc(F)cc3F)n2)cc(S(F)(F)(F)(F)F)c1. The van der Waals surface area contributed by atoms with Crippen LogP contribution in [0.25, 0.3) is 11.3 Å². The Labute approximate surface area is 179 Å². The molecule has 0 radical (unpaired) electrons. The summed E-state index contributed by atoms with van der Waals surface area (Å²) in [5.41, 5.74) is -1.75. The predicted octanol–water partition coefficient (Wildman–Crippen LogP) is 7.47. The van der Waals surface area contributed by atoms with E-state index in [2.05, 4.69) is 15.3 Å². The molecule has 174 valence electrons. The van der Waals surface area contributed by atoms with Crippen LogP contribution in [0.1, 0.15) is 5.56 Å². The fourth-order valence-electron chi connectivity index (χ4n) is 2.72. The number of aromatic nitrogens is 2. The largest absolute Gasteiger partial charge is 0.324 e. The molecule has 2 aromatic carbocycles. The van der Waals surface area contributed by atoms with Gasteiger partial charge in [-0.05, 0) is 42.2 Å². The number of hydrogen-bond donors (Lipinski definition) is 2. The van der Waals surface area contributed by atoms with Gasteiger partial charge >= 0.3 is 10.2 Å². The average molecular weight is 502 g/mol. The van der Waals surface area contributed by atoms with E-state index < -0.39 is 66.2 Å². The Morgan fingerprint density at radius 1 is 0.969 bits per heavy atom. The van der Waals surface area contributed by atoms with Crippen molar-refractivity contribution < 1.29 is 32.6 Å². The van der Waals surface area contributed by atoms with Crippen LogP contribution in [0.15, 0.2) is 47.5 Å². The molecule has 32 heavy (non-hydrogen) atoms. The average Bonchev–Trinajstić information content (AvgIpc) is 2.61. The van der Waals surface area contributed by atoms with Gasteiger partial charge in [0.1, 0.15) is 22.2 Å². The second kappa shape index (κ2) is 7.40. The highest BCUT2D eigenvalue weighted by atomic mass is 32.5. The molecule has 0 aliphatic heterocycles. The topological polar surface area (TPSA) is 61.7 Å². The van der Waals surface area contributed by atoms with Crippen LogP contribution in [0.4, 0.5) is 44.2 Å². The van der Waals surface area contributed by atoms with E-state index in [0.29, 0.717) is 12.3 Å². The number of hydrogen-bond acceptors (Lipinski definition) is 4. The van der Waals surface area contributed by atoms with E-state index in [1.807, 2.05) is 0 Å². The smallest absolute Gasteiger partial charge is 0.310 e. The van der Waals surface area contributed by atoms with Crippen LogP contribution >= 0.6 is 10.2 Å². The van der Waals surface area contributed by atoms with Crippen LogP contribution < -0.4 is 5.32 Å². The minimum absolute atomic E-state index is 0.146. The molecule has 0 spiro atoms. The molecular formula is C18H14F8N4S2. The van der Waals surface area contributed by atoms with E-state index in [1.165, 1.54) is 6.26 Å². The summed E-state index contributed by atoms with van der Waals surface area (Å²) in [6.45, 7) is 0. The fraction of sp³-hybridized carbons (Fsp3) is 0.111. The predicted molar refractivity (Wildman–Crippen MR) is 108 cm³/mol. The lowest BCUT2D eigenvalue weighted by Crippen LogP contribution is -2.09. The molecule has 0 bridgehead atoms. The zero-order valence-electron chi connectivity index (χ0n) is 16.0. The van der Waals surface area contributed by atoms with Crippen molar-refractivity contribution in [1.82, 2.24) is 9.97 Å². The third-order valence-electron chi connectivity index (χ3n) is 3.98. The molecular weight excluding hydrogens is 488 g/mol. The van der Waals surface area contributed by atoms with E-state index in [-0.39, 0.29) is 23.4 Å². The summed E-state index contributed by atoms with van der Waals surface area (Å²) in [6, 6.07) is 3.75. The van der Waals surface area contributed by atoms with E-state index in [4.69, 9.17) is 4.78 Å². The molecule has 3 rings (SSSR count). The summed E-state index contributed by atoms with van der Waals surface area (Å²) in [5, 5.41) is 2.27. The van der Waals surface area contributed by atoms with Crippen molar-refractivity contribution in [2.75, 3.05) is 11.6 Å². The lowest BCUT2D eigenvalue weighted by atomic mass is 10.1. The number of nitrogens with one attached hydrogen (secondary N) is 2. The van der Waals surface area contributed by atoms with Crippen LogP contribution in [0.2, 0.25) is 0 Å². The monoisotopic (exact) mass is 502 g/mol. The van der Waals surface area contributed by atoms with Gasteiger partial charge in [0.25, 0.3) is 0 Å². The Balaban J connectivity index is 2.08. The Kier molecular flexibility index (Phi) is 5.53. The maximum absolute atomic E-state index is 14.1. The highest BCUT2D eigenvalue weighted by Gasteiger charge is 2.65. The van der Waals surface area contributed by atoms with Crippen LogP contribution in [0.3, 0.4) is 0 Å². The van der Waals surface area contributed by atoms with Crippen molar-refractivity contribution in [3.63, 3.8) is 0 Å². The first-order chi connectivity index (χ1) is 14.5. The third kappa shape index (κ3) is 5.73. The number of rotatable bonds is 6. The highest BCUT2D eigenvalue weighted by Crippen LogP contribution is 3.02. The van der Waals surface area contributed by atoms with Gasteiger partial charge in [0.15, 0.2) is 5.82 Å². The summed E-state index contributed by atoms with van der Waals surface area (Å²) < 4.78 is 116. The number of nitrogens with zero attached hydrogens (tertiary/aromatic N) is 2. The van der Waals surface area contributed by atoms with E-state index >= 15 is 0 Å². The summed E-state index contributed by atoms with van der Waals surface area (Å²) in [6.07, 6.45) is 1.99. The van der Waals surface area contributed by atoms with Gasteiger partial charge < -0.3 is 5.32 Å². The molecule has 0 aliphatic carbocycles. The zero-order chi connectivity index (χ0) is 24.0. The molecule has 2 N–H and O–H groups in total. The Bertz CT molecular complexity index is 1230. The van der Waals surface area contributed by atoms with Crippen LogP contribution in [0, 0.1) is 22.2 Å². The lowest BCUT2D eigenvalue weighted by Gasteiger charge is -2.41. The van der Waals surface area contributed by atoms with Crippen molar-refractivity contribution in [3.05, 3.63) is 65.6 Å². The van der Waals surface area contributed by atoms with Crippen molar-refractivity contribution in [2.24, 2.45) is 0 Å². The summed E-state index contributed by atoms with van der Waals surface area (Å²) >= 11 is 0. The molecule has 0 amide bonds. The molecule has 0 fully saturated rings. The fourth-order valence-corrected chi connectivity index (χ4v) is 4.11. The van der Waals surface area contributed by atoms with Gasteiger partial charge in [-0.1, -0.05) is 19.4 Å². The van der Waals surface area contributed by atoms with Crippen molar-refractivity contribution >= 4 is 32.6 Å². The normalized spacial score (nSPS) is 15.0. The standard InChI is InChI=1S/C18H14F8N4S2/c1-31(27)9-10-4-12(7-13(5-10)32(22,23,24,25)26)29-18-28-8-16(21)17(30-18)14-3-2-11(19)6-15(14)20/h2-8,27H,9H2,1H3,(H,28,29,30). The Hall–Kier alpha value is -2.74. The van der Waals surface area contributed by atoms with Crippen molar-refractivity contribution in [2.45, 2.75) is 10.6 Å². The zero-order valence-corrected chi connectivity index (χ0v) is 17.6. The summed E-state index contributed by atoms with van der Waals surface area (Å²) in [5.74, 6) is -3.93. The minimum atomic E-state index is -10.1. The number of halogens is 8. The second-order valence-corrected chi connectivity index (χ2v) is 10.7. The van der Waals surface area contributed by atoms with E-state index in [1.54, 1.807) is 0 Å². The van der Waals surface area contributed by atoms with E-state index in [0.717, 1.165) is 18.2 Å². The van der Waals surface area contributed by atoms with Gasteiger partial charge in [0, 0.05) is 23.1 Å². The Morgan fingerprint density at radius 2 is 1.66 bits per heavy atom. The number of anilines is 2.